The van der Waals surface area contributed by atoms with Crippen molar-refractivity contribution in [2.24, 2.45) is 0 Å². The minimum absolute atomic E-state index is 0.0355. The second kappa shape index (κ2) is 10.7. The normalized spacial score (nSPS) is 11.3. The number of furan rings is 1. The number of thiocarbonyl (C=S) groups is 1. The van der Waals surface area contributed by atoms with Gasteiger partial charge in [-0.25, -0.2) is 4.98 Å². The maximum absolute atomic E-state index is 12.3. The zero-order valence-corrected chi connectivity index (χ0v) is 21.6. The van der Waals surface area contributed by atoms with Crippen LogP contribution < -0.4 is 10.6 Å². The van der Waals surface area contributed by atoms with Crippen LogP contribution in [0, 0.1) is 0 Å². The first-order chi connectivity index (χ1) is 18.4. The largest absolute Gasteiger partial charge is 0.507 e. The molecule has 0 unspecified atom stereocenters. The van der Waals surface area contributed by atoms with Gasteiger partial charge in [0.05, 0.1) is 5.56 Å². The van der Waals surface area contributed by atoms with E-state index in [-0.39, 0.29) is 10.9 Å². The number of carbonyl (C=O) groups is 1. The fourth-order valence-electron chi connectivity index (χ4n) is 3.88. The highest BCUT2D eigenvalue weighted by Crippen LogP contribution is 2.34. The summed E-state index contributed by atoms with van der Waals surface area (Å²) in [6.07, 6.45) is 2.90. The van der Waals surface area contributed by atoms with Crippen molar-refractivity contribution in [3.63, 3.8) is 0 Å². The van der Waals surface area contributed by atoms with Crippen molar-refractivity contribution >= 4 is 46.1 Å². The molecule has 5 rings (SSSR count). The first-order valence-corrected chi connectivity index (χ1v) is 12.5. The van der Waals surface area contributed by atoms with Gasteiger partial charge in [0.15, 0.2) is 10.7 Å². The summed E-state index contributed by atoms with van der Waals surface area (Å²) >= 11 is 5.24. The monoisotopic (exact) mass is 523 g/mol. The Bertz CT molecular complexity index is 1650. The minimum Gasteiger partial charge on any atom is -0.507 e. The number of phenolic OH excluding ortho intramolecular Hbond substituents is 1. The molecule has 0 saturated carbocycles. The maximum atomic E-state index is 12.3. The molecule has 3 N–H and O–H groups in total. The summed E-state index contributed by atoms with van der Waals surface area (Å²) in [7, 11) is 0. The van der Waals surface area contributed by atoms with Crippen LogP contribution in [0.1, 0.15) is 31.1 Å². The molecular formula is C30H25N3O4S. The molecule has 3 aromatic carbocycles. The van der Waals surface area contributed by atoms with Crippen molar-refractivity contribution in [1.82, 2.24) is 10.3 Å². The predicted molar refractivity (Wildman–Crippen MR) is 153 cm³/mol. The van der Waals surface area contributed by atoms with Gasteiger partial charge in [0, 0.05) is 23.4 Å². The van der Waals surface area contributed by atoms with Gasteiger partial charge < -0.3 is 19.3 Å². The zero-order valence-electron chi connectivity index (χ0n) is 20.8. The van der Waals surface area contributed by atoms with Gasteiger partial charge in [-0.15, -0.1) is 0 Å². The Labute approximate surface area is 224 Å². The lowest BCUT2D eigenvalue weighted by Gasteiger charge is -2.09. The Kier molecular flexibility index (Phi) is 7.06. The van der Waals surface area contributed by atoms with Crippen LogP contribution in [-0.4, -0.2) is 21.1 Å². The van der Waals surface area contributed by atoms with Crippen LogP contribution in [0.15, 0.2) is 93.8 Å². The predicted octanol–water partition coefficient (Wildman–Crippen LogP) is 7.11. The van der Waals surface area contributed by atoms with Crippen LogP contribution in [0.25, 0.3) is 40.0 Å². The van der Waals surface area contributed by atoms with E-state index in [1.54, 1.807) is 24.3 Å². The van der Waals surface area contributed by atoms with Crippen molar-refractivity contribution in [1.29, 1.82) is 0 Å². The lowest BCUT2D eigenvalue weighted by Crippen LogP contribution is -2.32. The molecule has 8 heteroatoms. The molecule has 0 aliphatic heterocycles. The van der Waals surface area contributed by atoms with Crippen LogP contribution in [0.3, 0.4) is 0 Å². The Morgan fingerprint density at radius 2 is 1.82 bits per heavy atom. The van der Waals surface area contributed by atoms with Gasteiger partial charge in [0.2, 0.25) is 11.8 Å². The molecule has 7 nitrogen and oxygen atoms in total. The SMILES string of the molecule is CC(C)c1ccc2oc(-c3ccc(NC(=S)NC(=O)/C=C/c4ccc(-c5ccccc5)o4)cc3O)nc2c1. The molecule has 38 heavy (non-hydrogen) atoms. The molecule has 0 fully saturated rings. The lowest BCUT2D eigenvalue weighted by atomic mass is 10.0. The van der Waals surface area contributed by atoms with Crippen LogP contribution >= 0.6 is 12.2 Å². The Hall–Kier alpha value is -4.69. The molecule has 0 aliphatic rings. The Morgan fingerprint density at radius 1 is 1.00 bits per heavy atom. The number of amides is 1. The molecule has 0 radical (unpaired) electrons. The number of benzene rings is 3. The standard InChI is InChI=1S/C30H25N3O4S/c1-18(2)20-8-13-27-24(16-20)32-29(37-27)23-12-9-21(17-25(23)34)31-30(38)33-28(35)15-11-22-10-14-26(36-22)19-6-4-3-5-7-19/h3-18,34H,1-2H3,(H2,31,33,35,38)/b15-11+. The number of fused-ring (bicyclic) bond motifs is 1. The van der Waals surface area contributed by atoms with Crippen LogP contribution in [0.4, 0.5) is 5.69 Å². The van der Waals surface area contributed by atoms with Crippen LogP contribution in [-0.2, 0) is 4.79 Å². The van der Waals surface area contributed by atoms with Gasteiger partial charge in [-0.2, -0.15) is 0 Å². The number of rotatable bonds is 6. The third-order valence-electron chi connectivity index (χ3n) is 5.89. The van der Waals surface area contributed by atoms with Crippen molar-refractivity contribution in [3.05, 3.63) is 96.3 Å². The number of nitrogens with zero attached hydrogens (tertiary/aromatic N) is 1. The summed E-state index contributed by atoms with van der Waals surface area (Å²) in [5.74, 6) is 1.48. The highest BCUT2D eigenvalue weighted by molar-refractivity contribution is 7.80. The summed E-state index contributed by atoms with van der Waals surface area (Å²) in [6.45, 7) is 4.23. The first kappa shape index (κ1) is 25.0. The van der Waals surface area contributed by atoms with Gasteiger partial charge >= 0.3 is 0 Å². The average molecular weight is 524 g/mol. The topological polar surface area (TPSA) is 101 Å². The Morgan fingerprint density at radius 3 is 2.58 bits per heavy atom. The van der Waals surface area contributed by atoms with E-state index in [9.17, 15) is 9.90 Å². The highest BCUT2D eigenvalue weighted by Gasteiger charge is 2.14. The molecule has 0 atom stereocenters. The van der Waals surface area contributed by atoms with Gasteiger partial charge in [-0.1, -0.05) is 50.2 Å². The van der Waals surface area contributed by atoms with Gasteiger partial charge in [-0.05, 0) is 66.2 Å². The van der Waals surface area contributed by atoms with Crippen molar-refractivity contribution in [2.75, 3.05) is 5.32 Å². The number of carbonyl (C=O) groups excluding carboxylic acids is 1. The van der Waals surface area contributed by atoms with Crippen molar-refractivity contribution in [2.45, 2.75) is 19.8 Å². The third-order valence-corrected chi connectivity index (χ3v) is 6.09. The first-order valence-electron chi connectivity index (χ1n) is 12.0. The fraction of sp³-hybridized carbons (Fsp3) is 0.100. The molecule has 2 heterocycles. The molecule has 190 valence electrons. The summed E-state index contributed by atoms with van der Waals surface area (Å²) < 4.78 is 11.6. The minimum atomic E-state index is -0.423. The quantitative estimate of drug-likeness (QED) is 0.161. The van der Waals surface area contributed by atoms with E-state index in [4.69, 9.17) is 21.1 Å². The molecule has 0 saturated heterocycles. The molecular weight excluding hydrogens is 498 g/mol. The molecule has 0 spiro atoms. The number of oxazole rings is 1. The number of aromatic nitrogens is 1. The highest BCUT2D eigenvalue weighted by atomic mass is 32.1. The van der Waals surface area contributed by atoms with Gasteiger partial charge in [0.1, 0.15) is 22.8 Å². The van der Waals surface area contributed by atoms with E-state index in [0.717, 1.165) is 16.6 Å². The van der Waals surface area contributed by atoms with Crippen molar-refractivity contribution < 1.29 is 18.7 Å². The molecule has 2 aromatic heterocycles. The second-order valence-corrected chi connectivity index (χ2v) is 9.39. The van der Waals surface area contributed by atoms with E-state index in [1.807, 2.05) is 54.6 Å². The maximum Gasteiger partial charge on any atom is 0.250 e. The lowest BCUT2D eigenvalue weighted by molar-refractivity contribution is -0.115. The number of nitrogens with one attached hydrogen (secondary N) is 2. The average Bonchev–Trinajstić information content (AvgIpc) is 3.55. The Balaban J connectivity index is 1.20. The van der Waals surface area contributed by atoms with E-state index in [1.165, 1.54) is 12.1 Å². The zero-order chi connectivity index (χ0) is 26.6. The van der Waals surface area contributed by atoms with Gasteiger partial charge in [-0.3, -0.25) is 10.1 Å². The second-order valence-electron chi connectivity index (χ2n) is 8.98. The van der Waals surface area contributed by atoms with Crippen LogP contribution in [0.5, 0.6) is 5.75 Å². The smallest absolute Gasteiger partial charge is 0.250 e. The van der Waals surface area contributed by atoms with E-state index in [0.29, 0.717) is 40.2 Å². The number of hydrogen-bond acceptors (Lipinski definition) is 6. The van der Waals surface area contributed by atoms with E-state index < -0.39 is 5.91 Å². The number of anilines is 1. The molecule has 0 aliphatic carbocycles. The fourth-order valence-corrected chi connectivity index (χ4v) is 4.10. The number of hydrogen-bond donors (Lipinski definition) is 3. The van der Waals surface area contributed by atoms with Crippen molar-refractivity contribution in [3.8, 4) is 28.5 Å². The molecule has 1 amide bonds. The van der Waals surface area contributed by atoms with Gasteiger partial charge in [0.25, 0.3) is 0 Å². The van der Waals surface area contributed by atoms with Crippen LogP contribution in [0.2, 0.25) is 0 Å². The van der Waals surface area contributed by atoms with E-state index in [2.05, 4.69) is 29.5 Å². The summed E-state index contributed by atoms with van der Waals surface area (Å²) in [4.78, 5) is 16.8. The summed E-state index contributed by atoms with van der Waals surface area (Å²) in [6, 6.07) is 24.1. The van der Waals surface area contributed by atoms with E-state index >= 15 is 0 Å². The number of aromatic hydroxyl groups is 1. The molecule has 5 aromatic rings. The third kappa shape index (κ3) is 5.66. The summed E-state index contributed by atoms with van der Waals surface area (Å²) in [5.41, 5.74) is 4.44. The number of phenols is 1. The molecule has 0 bridgehead atoms. The summed E-state index contributed by atoms with van der Waals surface area (Å²) in [5, 5.41) is 16.2.